The van der Waals surface area contributed by atoms with Crippen LogP contribution in [0.25, 0.3) is 0 Å². The largest absolute Gasteiger partial charge is 0.493 e. The second kappa shape index (κ2) is 13.9. The van der Waals surface area contributed by atoms with Crippen LogP contribution in [-0.4, -0.2) is 42.1 Å². The highest BCUT2D eigenvalue weighted by Gasteiger charge is 2.35. The van der Waals surface area contributed by atoms with Gasteiger partial charge in [-0.1, -0.05) is 57.0 Å². The van der Waals surface area contributed by atoms with E-state index in [1.54, 1.807) is 0 Å². The molecule has 0 bridgehead atoms. The van der Waals surface area contributed by atoms with Crippen molar-refractivity contribution in [3.05, 3.63) is 53.9 Å². The van der Waals surface area contributed by atoms with Crippen LogP contribution in [0.5, 0.6) is 11.5 Å². The molecule has 4 atom stereocenters. The molecular weight excluding hydrogens is 484 g/mol. The fourth-order valence-corrected chi connectivity index (χ4v) is 5.17. The van der Waals surface area contributed by atoms with Gasteiger partial charge in [0.1, 0.15) is 12.1 Å². The summed E-state index contributed by atoms with van der Waals surface area (Å²) in [7, 11) is 1.41. The monoisotopic (exact) mass is 524 g/mol. The third-order valence-corrected chi connectivity index (χ3v) is 7.14. The summed E-state index contributed by atoms with van der Waals surface area (Å²) in [5, 5.41) is 2.77. The van der Waals surface area contributed by atoms with Crippen molar-refractivity contribution in [3.63, 3.8) is 0 Å². The SMILES string of the molecule is COc1ccnc(C(=O)NC2CCCC(Cc3ccccc3)C(CCC(C)C)C(C)OC2=O)c1OC(C)=O. The Balaban J connectivity index is 1.81. The van der Waals surface area contributed by atoms with Gasteiger partial charge in [0.25, 0.3) is 5.91 Å². The number of nitrogens with one attached hydrogen (secondary N) is 1. The number of cyclic esters (lactones) is 1. The van der Waals surface area contributed by atoms with Crippen molar-refractivity contribution in [2.75, 3.05) is 7.11 Å². The van der Waals surface area contributed by atoms with Crippen molar-refractivity contribution in [1.82, 2.24) is 10.3 Å². The molecule has 8 nitrogen and oxygen atoms in total. The summed E-state index contributed by atoms with van der Waals surface area (Å²) in [5.41, 5.74) is 1.15. The maximum atomic E-state index is 13.3. The van der Waals surface area contributed by atoms with E-state index in [2.05, 4.69) is 48.4 Å². The summed E-state index contributed by atoms with van der Waals surface area (Å²) in [6.45, 7) is 7.61. The highest BCUT2D eigenvalue weighted by Crippen LogP contribution is 2.34. The van der Waals surface area contributed by atoms with E-state index < -0.39 is 23.9 Å². The zero-order valence-electron chi connectivity index (χ0n) is 23.1. The topological polar surface area (TPSA) is 104 Å². The molecule has 38 heavy (non-hydrogen) atoms. The number of esters is 2. The van der Waals surface area contributed by atoms with E-state index in [1.807, 2.05) is 13.0 Å². The molecule has 8 heteroatoms. The van der Waals surface area contributed by atoms with Crippen molar-refractivity contribution in [2.24, 2.45) is 17.8 Å². The van der Waals surface area contributed by atoms with Crippen LogP contribution in [0.3, 0.4) is 0 Å². The lowest BCUT2D eigenvalue weighted by Gasteiger charge is -2.32. The average molecular weight is 525 g/mol. The Morgan fingerprint density at radius 1 is 1.16 bits per heavy atom. The third-order valence-electron chi connectivity index (χ3n) is 7.14. The van der Waals surface area contributed by atoms with Gasteiger partial charge >= 0.3 is 11.9 Å². The van der Waals surface area contributed by atoms with Gasteiger partial charge in [0.05, 0.1) is 7.11 Å². The van der Waals surface area contributed by atoms with Crippen molar-refractivity contribution in [1.29, 1.82) is 0 Å². The summed E-state index contributed by atoms with van der Waals surface area (Å²) < 4.78 is 16.4. The van der Waals surface area contributed by atoms with E-state index in [0.717, 1.165) is 32.1 Å². The number of carbonyl (C=O) groups excluding carboxylic acids is 3. The minimum Gasteiger partial charge on any atom is -0.493 e. The van der Waals surface area contributed by atoms with E-state index in [0.29, 0.717) is 18.3 Å². The molecule has 0 radical (unpaired) electrons. The van der Waals surface area contributed by atoms with Gasteiger partial charge in [-0.15, -0.1) is 0 Å². The Morgan fingerprint density at radius 2 is 1.89 bits per heavy atom. The standard InChI is InChI=1S/C30H40N2O6/c1-19(2)14-15-24-20(3)37-30(35)25(13-9-12-23(24)18-22-10-7-6-8-11-22)32-29(34)27-28(38-21(4)33)26(36-5)16-17-31-27/h6-8,10-11,16-17,19-20,23-25H,9,12-15,18H2,1-5H3,(H,32,34). The van der Waals surface area contributed by atoms with Crippen molar-refractivity contribution < 1.29 is 28.6 Å². The molecule has 1 aliphatic heterocycles. The Hall–Kier alpha value is -3.42. The van der Waals surface area contributed by atoms with Crippen LogP contribution in [0.15, 0.2) is 42.6 Å². The molecule has 0 aliphatic carbocycles. The maximum Gasteiger partial charge on any atom is 0.328 e. The minimum absolute atomic E-state index is 0.0820. The molecular formula is C30H40N2O6. The summed E-state index contributed by atoms with van der Waals surface area (Å²) in [5.74, 6) is -0.474. The van der Waals surface area contributed by atoms with E-state index >= 15 is 0 Å². The van der Waals surface area contributed by atoms with E-state index in [4.69, 9.17) is 14.2 Å². The van der Waals surface area contributed by atoms with Crippen LogP contribution in [-0.2, 0) is 20.7 Å². The van der Waals surface area contributed by atoms with Crippen LogP contribution in [0.1, 0.15) is 75.9 Å². The van der Waals surface area contributed by atoms with Gasteiger partial charge in [0, 0.05) is 19.2 Å². The first-order valence-corrected chi connectivity index (χ1v) is 13.5. The number of benzene rings is 1. The molecule has 1 fully saturated rings. The van der Waals surface area contributed by atoms with Crippen molar-refractivity contribution in [2.45, 2.75) is 78.4 Å². The highest BCUT2D eigenvalue weighted by atomic mass is 16.6. The normalized spacial score (nSPS) is 22.0. The molecule has 0 saturated carbocycles. The number of aromatic nitrogens is 1. The Morgan fingerprint density at radius 3 is 2.55 bits per heavy atom. The van der Waals surface area contributed by atoms with Crippen LogP contribution in [0.2, 0.25) is 0 Å². The first-order chi connectivity index (χ1) is 18.2. The molecule has 3 rings (SSSR count). The predicted octanol–water partition coefficient (Wildman–Crippen LogP) is 5.14. The summed E-state index contributed by atoms with van der Waals surface area (Å²) in [6, 6.07) is 11.1. The van der Waals surface area contributed by atoms with Crippen molar-refractivity contribution >= 4 is 17.8 Å². The van der Waals surface area contributed by atoms with Gasteiger partial charge < -0.3 is 19.5 Å². The molecule has 206 valence electrons. The lowest BCUT2D eigenvalue weighted by Crippen LogP contribution is -2.43. The van der Waals surface area contributed by atoms with Crippen LogP contribution >= 0.6 is 0 Å². The quantitative estimate of drug-likeness (QED) is 0.453. The first-order valence-electron chi connectivity index (χ1n) is 13.5. The Bertz CT molecular complexity index is 1090. The molecule has 2 aromatic rings. The molecule has 1 N–H and O–H groups in total. The molecule has 4 unspecified atom stereocenters. The fraction of sp³-hybridized carbons (Fsp3) is 0.533. The van der Waals surface area contributed by atoms with Crippen LogP contribution in [0, 0.1) is 17.8 Å². The van der Waals surface area contributed by atoms with Gasteiger partial charge in [-0.05, 0) is 55.9 Å². The average Bonchev–Trinajstić information content (AvgIpc) is 2.92. The Labute approximate surface area is 225 Å². The third kappa shape index (κ3) is 8.04. The minimum atomic E-state index is -0.843. The van der Waals surface area contributed by atoms with Gasteiger partial charge in [0.15, 0.2) is 11.4 Å². The second-order valence-electron chi connectivity index (χ2n) is 10.5. The van der Waals surface area contributed by atoms with E-state index in [9.17, 15) is 14.4 Å². The lowest BCUT2D eigenvalue weighted by molar-refractivity contribution is -0.154. The maximum absolute atomic E-state index is 13.3. The lowest BCUT2D eigenvalue weighted by atomic mass is 9.77. The molecule has 0 spiro atoms. The number of amides is 1. The Kier molecular flexibility index (Phi) is 10.7. The van der Waals surface area contributed by atoms with Crippen LogP contribution in [0.4, 0.5) is 0 Å². The predicted molar refractivity (Wildman–Crippen MR) is 144 cm³/mol. The molecule has 1 aliphatic rings. The molecule has 1 saturated heterocycles. The zero-order chi connectivity index (χ0) is 27.7. The van der Waals surface area contributed by atoms with Crippen molar-refractivity contribution in [3.8, 4) is 11.5 Å². The van der Waals surface area contributed by atoms with Gasteiger partial charge in [-0.3, -0.25) is 9.59 Å². The number of hydrogen-bond donors (Lipinski definition) is 1. The first kappa shape index (κ1) is 29.1. The molecule has 1 aromatic carbocycles. The summed E-state index contributed by atoms with van der Waals surface area (Å²) >= 11 is 0. The summed E-state index contributed by atoms with van der Waals surface area (Å²) in [4.78, 5) is 42.2. The molecule has 1 amide bonds. The van der Waals surface area contributed by atoms with E-state index in [-0.39, 0.29) is 29.2 Å². The van der Waals surface area contributed by atoms with Gasteiger partial charge in [-0.2, -0.15) is 0 Å². The van der Waals surface area contributed by atoms with E-state index in [1.165, 1.54) is 31.9 Å². The second-order valence-corrected chi connectivity index (χ2v) is 10.5. The number of hydrogen-bond acceptors (Lipinski definition) is 7. The van der Waals surface area contributed by atoms with Gasteiger partial charge in [-0.25, -0.2) is 9.78 Å². The van der Waals surface area contributed by atoms with Crippen LogP contribution < -0.4 is 14.8 Å². The molecule has 2 heterocycles. The summed E-state index contributed by atoms with van der Waals surface area (Å²) in [6.07, 6.45) is 6.15. The zero-order valence-corrected chi connectivity index (χ0v) is 23.1. The smallest absolute Gasteiger partial charge is 0.328 e. The molecule has 1 aromatic heterocycles. The number of nitrogens with zero attached hydrogens (tertiary/aromatic N) is 1. The number of carbonyl (C=O) groups is 3. The number of ether oxygens (including phenoxy) is 3. The number of pyridine rings is 1. The fourth-order valence-electron chi connectivity index (χ4n) is 5.17. The van der Waals surface area contributed by atoms with Gasteiger partial charge in [0.2, 0.25) is 5.75 Å². The number of rotatable bonds is 9. The highest BCUT2D eigenvalue weighted by molar-refractivity contribution is 5.98. The number of methoxy groups -OCH3 is 1.